The number of hydrogen-bond acceptors (Lipinski definition) is 7. The number of benzene rings is 1. The number of piperazine rings is 1. The summed E-state index contributed by atoms with van der Waals surface area (Å²) < 4.78 is 0. The third kappa shape index (κ3) is 6.14. The van der Waals surface area contributed by atoms with Crippen LogP contribution in [0.5, 0.6) is 0 Å². The predicted octanol–water partition coefficient (Wildman–Crippen LogP) is 1.57. The van der Waals surface area contributed by atoms with Gasteiger partial charge in [0.05, 0.1) is 0 Å². The monoisotopic (exact) mass is 539 g/mol. The minimum Gasteiger partial charge on any atom is -0.481 e. The normalized spacial score (nSPS) is 24.8. The van der Waals surface area contributed by atoms with Crippen LogP contribution in [-0.2, 0) is 25.7 Å². The topological polar surface area (TPSA) is 139 Å². The Labute approximate surface area is 227 Å². The number of nitrogens with zero attached hydrogens (tertiary/aromatic N) is 3. The van der Waals surface area contributed by atoms with Gasteiger partial charge in [0.2, 0.25) is 17.7 Å². The maximum absolute atomic E-state index is 13.0. The van der Waals surface area contributed by atoms with Crippen LogP contribution in [0.15, 0.2) is 18.2 Å². The lowest BCUT2D eigenvalue weighted by Crippen LogP contribution is -2.52. The fourth-order valence-corrected chi connectivity index (χ4v) is 6.49. The van der Waals surface area contributed by atoms with E-state index in [1.807, 2.05) is 0 Å². The Bertz CT molecular complexity index is 1160. The Morgan fingerprint density at radius 3 is 2.31 bits per heavy atom. The van der Waals surface area contributed by atoms with E-state index in [1.54, 1.807) is 18.2 Å². The number of unbranched alkanes of at least 4 members (excludes halogenated alkanes) is 2. The number of piperidine rings is 1. The highest BCUT2D eigenvalue weighted by Gasteiger charge is 2.42. The van der Waals surface area contributed by atoms with Crippen molar-refractivity contribution >= 4 is 35.3 Å². The van der Waals surface area contributed by atoms with Gasteiger partial charge in [-0.25, -0.2) is 0 Å². The summed E-state index contributed by atoms with van der Waals surface area (Å²) in [6.45, 7) is 4.26. The first-order valence-corrected chi connectivity index (χ1v) is 14.1. The van der Waals surface area contributed by atoms with Gasteiger partial charge >= 0.3 is 5.97 Å². The highest BCUT2D eigenvalue weighted by atomic mass is 16.4. The number of hydrogen-bond donors (Lipinski definition) is 3. The molecular formula is C28H37N5O6. The lowest BCUT2D eigenvalue weighted by atomic mass is 10.0. The third-order valence-electron chi connectivity index (χ3n) is 8.51. The van der Waals surface area contributed by atoms with Gasteiger partial charge in [-0.05, 0) is 63.7 Å². The van der Waals surface area contributed by atoms with E-state index in [2.05, 4.69) is 20.4 Å². The maximum atomic E-state index is 13.0. The summed E-state index contributed by atoms with van der Waals surface area (Å²) >= 11 is 0. The van der Waals surface area contributed by atoms with Crippen molar-refractivity contribution in [2.75, 3.05) is 31.5 Å². The Morgan fingerprint density at radius 1 is 0.974 bits per heavy atom. The summed E-state index contributed by atoms with van der Waals surface area (Å²) in [6.07, 6.45) is 5.68. The van der Waals surface area contributed by atoms with Crippen molar-refractivity contribution in [2.45, 2.75) is 82.5 Å². The minimum absolute atomic E-state index is 0.0919. The Balaban J connectivity index is 1.04. The second kappa shape index (κ2) is 11.8. The molecule has 3 N–H and O–H groups in total. The zero-order valence-electron chi connectivity index (χ0n) is 22.2. The molecule has 11 heteroatoms. The minimum atomic E-state index is -0.725. The van der Waals surface area contributed by atoms with Crippen LogP contribution in [0, 0.1) is 0 Å². The van der Waals surface area contributed by atoms with Crippen molar-refractivity contribution in [3.05, 3.63) is 29.3 Å². The Morgan fingerprint density at radius 2 is 1.67 bits per heavy atom. The second-order valence-electron chi connectivity index (χ2n) is 11.1. The van der Waals surface area contributed by atoms with Gasteiger partial charge in [0.25, 0.3) is 5.91 Å². The van der Waals surface area contributed by atoms with E-state index in [9.17, 15) is 24.0 Å². The maximum Gasteiger partial charge on any atom is 0.303 e. The molecule has 210 valence electrons. The molecule has 4 amide bonds. The van der Waals surface area contributed by atoms with E-state index >= 15 is 0 Å². The summed E-state index contributed by atoms with van der Waals surface area (Å²) in [5.74, 6) is -1.85. The number of carboxylic acids is 1. The molecular weight excluding hydrogens is 502 g/mol. The van der Waals surface area contributed by atoms with Gasteiger partial charge in [-0.1, -0.05) is 6.07 Å². The number of carbonyl (C=O) groups is 5. The van der Waals surface area contributed by atoms with E-state index in [4.69, 9.17) is 5.11 Å². The number of nitrogens with one attached hydrogen (secondary N) is 2. The average molecular weight is 540 g/mol. The lowest BCUT2D eigenvalue weighted by molar-refractivity contribution is -0.138. The predicted molar refractivity (Wildman–Crippen MR) is 142 cm³/mol. The molecule has 0 spiro atoms. The van der Waals surface area contributed by atoms with Gasteiger partial charge in [0, 0.05) is 67.8 Å². The SMILES string of the molecule is O=C(O)CCCCN1CC2CC1CN2CCCCC(=O)Nc1cccc2c1CN(C1CCC(=O)NC1=O)C2=O. The summed E-state index contributed by atoms with van der Waals surface area (Å²) in [6, 6.07) is 5.66. The van der Waals surface area contributed by atoms with Crippen LogP contribution in [0.1, 0.15) is 73.7 Å². The van der Waals surface area contributed by atoms with Gasteiger partial charge < -0.3 is 15.3 Å². The van der Waals surface area contributed by atoms with Gasteiger partial charge in [-0.3, -0.25) is 39.1 Å². The van der Waals surface area contributed by atoms with Crippen LogP contribution >= 0.6 is 0 Å². The highest BCUT2D eigenvalue weighted by Crippen LogP contribution is 2.33. The van der Waals surface area contributed by atoms with Crippen molar-refractivity contribution < 1.29 is 29.1 Å². The van der Waals surface area contributed by atoms with Gasteiger partial charge in [0.15, 0.2) is 0 Å². The second-order valence-corrected chi connectivity index (χ2v) is 11.1. The number of imide groups is 1. The van der Waals surface area contributed by atoms with Gasteiger partial charge in [-0.2, -0.15) is 0 Å². The first-order valence-electron chi connectivity index (χ1n) is 14.1. The van der Waals surface area contributed by atoms with E-state index < -0.39 is 17.9 Å². The quantitative estimate of drug-likeness (QED) is 0.269. The number of aliphatic carboxylic acids is 1. The Kier molecular flexibility index (Phi) is 8.27. The summed E-state index contributed by atoms with van der Waals surface area (Å²) in [5.41, 5.74) is 1.79. The number of carboxylic acid groups (broad SMARTS) is 1. The summed E-state index contributed by atoms with van der Waals surface area (Å²) in [5, 5.41) is 14.1. The molecule has 4 aliphatic rings. The van der Waals surface area contributed by atoms with Crippen molar-refractivity contribution in [1.82, 2.24) is 20.0 Å². The third-order valence-corrected chi connectivity index (χ3v) is 8.51. The van der Waals surface area contributed by atoms with E-state index in [-0.39, 0.29) is 37.1 Å². The van der Waals surface area contributed by atoms with Crippen molar-refractivity contribution in [1.29, 1.82) is 0 Å². The molecule has 3 atom stereocenters. The number of anilines is 1. The number of likely N-dealkylation sites (tertiary alicyclic amines) is 2. The van der Waals surface area contributed by atoms with Gasteiger partial charge in [-0.15, -0.1) is 0 Å². The smallest absolute Gasteiger partial charge is 0.303 e. The largest absolute Gasteiger partial charge is 0.481 e. The van der Waals surface area contributed by atoms with E-state index in [0.29, 0.717) is 41.7 Å². The van der Waals surface area contributed by atoms with Crippen LogP contribution in [0.2, 0.25) is 0 Å². The molecule has 39 heavy (non-hydrogen) atoms. The van der Waals surface area contributed by atoms with E-state index in [0.717, 1.165) is 51.9 Å². The molecule has 3 saturated heterocycles. The summed E-state index contributed by atoms with van der Waals surface area (Å²) in [7, 11) is 0. The van der Waals surface area contributed by atoms with Crippen LogP contribution < -0.4 is 10.6 Å². The van der Waals surface area contributed by atoms with Crippen LogP contribution in [0.3, 0.4) is 0 Å². The molecule has 3 unspecified atom stereocenters. The zero-order valence-corrected chi connectivity index (χ0v) is 22.2. The van der Waals surface area contributed by atoms with Crippen molar-refractivity contribution in [3.63, 3.8) is 0 Å². The molecule has 1 aromatic carbocycles. The number of rotatable bonds is 12. The molecule has 0 aromatic heterocycles. The molecule has 0 saturated carbocycles. The average Bonchev–Trinajstić information content (AvgIpc) is 3.58. The van der Waals surface area contributed by atoms with Crippen molar-refractivity contribution in [3.8, 4) is 0 Å². The molecule has 3 fully saturated rings. The van der Waals surface area contributed by atoms with Crippen molar-refractivity contribution in [2.24, 2.45) is 0 Å². The first kappa shape index (κ1) is 27.3. The van der Waals surface area contributed by atoms with Crippen LogP contribution in [0.25, 0.3) is 0 Å². The van der Waals surface area contributed by atoms with Crippen LogP contribution in [0.4, 0.5) is 5.69 Å². The standard InChI is InChI=1S/C28H37N5O6/c34-24(8-1-3-12-31-15-19-14-18(31)16-32(19)13-4-2-9-26(36)37)29-22-7-5-6-20-21(22)17-33(28(20)39)23-10-11-25(35)30-27(23)38/h5-7,18-19,23H,1-4,8-17H2,(H,29,34)(H,36,37)(H,30,35,38). The molecule has 0 radical (unpaired) electrons. The zero-order chi connectivity index (χ0) is 27.5. The number of fused-ring (bicyclic) bond motifs is 3. The van der Waals surface area contributed by atoms with Gasteiger partial charge in [0.1, 0.15) is 6.04 Å². The first-order chi connectivity index (χ1) is 18.8. The molecule has 4 aliphatic heterocycles. The fourth-order valence-electron chi connectivity index (χ4n) is 6.49. The van der Waals surface area contributed by atoms with Crippen LogP contribution in [-0.4, -0.2) is 93.7 Å². The molecule has 0 aliphatic carbocycles. The molecule has 11 nitrogen and oxygen atoms in total. The molecule has 2 bridgehead atoms. The summed E-state index contributed by atoms with van der Waals surface area (Å²) in [4.78, 5) is 66.7. The fraction of sp³-hybridized carbons (Fsp3) is 0.607. The molecule has 1 aromatic rings. The Hall–Kier alpha value is -3.31. The number of amides is 4. The van der Waals surface area contributed by atoms with E-state index in [1.165, 1.54) is 11.3 Å². The number of carbonyl (C=O) groups excluding carboxylic acids is 4. The highest BCUT2D eigenvalue weighted by molar-refractivity contribution is 6.06. The molecule has 5 rings (SSSR count). The lowest BCUT2D eigenvalue weighted by Gasteiger charge is -2.34. The molecule has 4 heterocycles.